The van der Waals surface area contributed by atoms with Crippen molar-refractivity contribution < 1.29 is 8.42 Å². The molecule has 1 aromatic heterocycles. The van der Waals surface area contributed by atoms with E-state index in [4.69, 9.17) is 5.73 Å². The molecule has 5 heteroatoms. The number of nitrogens with two attached hydrogens (primary N) is 1. The van der Waals surface area contributed by atoms with E-state index in [0.717, 1.165) is 11.8 Å². The Hall–Kier alpha value is -0.940. The van der Waals surface area contributed by atoms with Crippen LogP contribution in [0.4, 0.5) is 0 Å². The molecule has 0 aliphatic heterocycles. The van der Waals surface area contributed by atoms with Gasteiger partial charge < -0.3 is 5.73 Å². The molecule has 0 aromatic carbocycles. The lowest BCUT2D eigenvalue weighted by Gasteiger charge is -2.19. The van der Waals surface area contributed by atoms with Gasteiger partial charge in [-0.1, -0.05) is 0 Å². The molecule has 0 saturated heterocycles. The van der Waals surface area contributed by atoms with Crippen LogP contribution in [0.2, 0.25) is 0 Å². The Morgan fingerprint density at radius 3 is 2.43 bits per heavy atom. The summed E-state index contributed by atoms with van der Waals surface area (Å²) in [5.74, 6) is 0. The van der Waals surface area contributed by atoms with Gasteiger partial charge in [-0.15, -0.1) is 0 Å². The number of aromatic nitrogens is 1. The van der Waals surface area contributed by atoms with E-state index in [9.17, 15) is 8.42 Å². The molecule has 2 N–H and O–H groups in total. The molecule has 0 bridgehead atoms. The van der Waals surface area contributed by atoms with Crippen LogP contribution >= 0.6 is 0 Å². The van der Waals surface area contributed by atoms with E-state index in [1.165, 1.54) is 12.3 Å². The maximum Gasteiger partial charge on any atom is 0.192 e. The number of nitrogens with zero attached hydrogens (tertiary/aromatic N) is 1. The quantitative estimate of drug-likeness (QED) is 0.785. The summed E-state index contributed by atoms with van der Waals surface area (Å²) in [5.41, 5.74) is 6.05. The van der Waals surface area contributed by atoms with Gasteiger partial charge in [0.05, 0.1) is 0 Å². The average molecular weight is 214 g/mol. The van der Waals surface area contributed by atoms with Crippen LogP contribution in [0.1, 0.15) is 19.4 Å². The molecule has 1 heterocycles. The first-order valence-corrected chi connectivity index (χ1v) is 6.06. The normalized spacial score (nSPS) is 12.9. The van der Waals surface area contributed by atoms with Gasteiger partial charge in [0.25, 0.3) is 0 Å². The van der Waals surface area contributed by atoms with Gasteiger partial charge in [0.15, 0.2) is 14.9 Å². The Balaban J connectivity index is 3.29. The fourth-order valence-corrected chi connectivity index (χ4v) is 1.61. The zero-order chi connectivity index (χ0) is 11.0. The summed E-state index contributed by atoms with van der Waals surface area (Å²) in [6, 6.07) is 3.23. The molecule has 0 aliphatic carbocycles. The van der Waals surface area contributed by atoms with Gasteiger partial charge in [-0.3, -0.25) is 0 Å². The van der Waals surface area contributed by atoms with Crippen LogP contribution in [-0.2, 0) is 15.4 Å². The second kappa shape index (κ2) is 3.33. The highest BCUT2D eigenvalue weighted by molar-refractivity contribution is 7.90. The Bertz CT molecular complexity index is 432. The third kappa shape index (κ3) is 2.52. The van der Waals surface area contributed by atoms with Crippen LogP contribution in [0, 0.1) is 0 Å². The fourth-order valence-electron chi connectivity index (χ4n) is 1.01. The highest BCUT2D eigenvalue weighted by Gasteiger charge is 2.17. The molecule has 4 nitrogen and oxygen atoms in total. The van der Waals surface area contributed by atoms with Crippen molar-refractivity contribution in [3.8, 4) is 0 Å². The number of rotatable bonds is 2. The van der Waals surface area contributed by atoms with Crippen LogP contribution in [0.25, 0.3) is 0 Å². The minimum absolute atomic E-state index is 0.0634. The highest BCUT2D eigenvalue weighted by Crippen LogP contribution is 2.18. The lowest BCUT2D eigenvalue weighted by atomic mass is 9.97. The van der Waals surface area contributed by atoms with E-state index >= 15 is 0 Å². The molecule has 0 amide bonds. The standard InChI is InChI=1S/C9H14N2O2S/c1-9(2,10)7-4-5-11-8(6-7)14(3,12)13/h4-6H,10H2,1-3H3. The first kappa shape index (κ1) is 11.1. The minimum Gasteiger partial charge on any atom is -0.322 e. The molecule has 0 spiro atoms. The first-order chi connectivity index (χ1) is 6.21. The largest absolute Gasteiger partial charge is 0.322 e. The van der Waals surface area contributed by atoms with Gasteiger partial charge in [0, 0.05) is 18.0 Å². The van der Waals surface area contributed by atoms with Crippen molar-refractivity contribution in [2.75, 3.05) is 6.26 Å². The maximum absolute atomic E-state index is 11.2. The van der Waals surface area contributed by atoms with Crippen molar-refractivity contribution in [2.24, 2.45) is 5.73 Å². The minimum atomic E-state index is -3.25. The second-order valence-corrected chi connectivity index (χ2v) is 5.84. The molecule has 0 radical (unpaired) electrons. The third-order valence-corrected chi connectivity index (χ3v) is 2.84. The molecule has 0 fully saturated rings. The van der Waals surface area contributed by atoms with Gasteiger partial charge >= 0.3 is 0 Å². The Labute approximate surface area is 84.1 Å². The van der Waals surface area contributed by atoms with Crippen LogP contribution in [0.5, 0.6) is 0 Å². The molecule has 78 valence electrons. The molecular formula is C9H14N2O2S. The van der Waals surface area contributed by atoms with Crippen molar-refractivity contribution in [2.45, 2.75) is 24.4 Å². The molecule has 1 rings (SSSR count). The van der Waals surface area contributed by atoms with Crippen molar-refractivity contribution in [3.63, 3.8) is 0 Å². The summed E-state index contributed by atoms with van der Waals surface area (Å²) in [5, 5.41) is 0.0634. The zero-order valence-electron chi connectivity index (χ0n) is 8.48. The predicted molar refractivity (Wildman–Crippen MR) is 54.6 cm³/mol. The SMILES string of the molecule is CC(C)(N)c1ccnc(S(C)(=O)=O)c1. The number of pyridine rings is 1. The summed E-state index contributed by atoms with van der Waals surface area (Å²) in [4.78, 5) is 3.78. The second-order valence-electron chi connectivity index (χ2n) is 3.88. The van der Waals surface area contributed by atoms with Gasteiger partial charge in [-0.2, -0.15) is 0 Å². The summed E-state index contributed by atoms with van der Waals surface area (Å²) < 4.78 is 22.4. The Morgan fingerprint density at radius 1 is 1.43 bits per heavy atom. The Kier molecular flexibility index (Phi) is 2.65. The molecule has 0 saturated carbocycles. The lowest BCUT2D eigenvalue weighted by molar-refractivity contribution is 0.550. The van der Waals surface area contributed by atoms with Crippen LogP contribution in [0.3, 0.4) is 0 Å². The third-order valence-electron chi connectivity index (χ3n) is 1.86. The molecular weight excluding hydrogens is 200 g/mol. The van der Waals surface area contributed by atoms with Gasteiger partial charge in [0.2, 0.25) is 0 Å². The van der Waals surface area contributed by atoms with E-state index in [1.807, 2.05) is 13.8 Å². The van der Waals surface area contributed by atoms with Crippen LogP contribution in [-0.4, -0.2) is 19.7 Å². The number of hydrogen-bond donors (Lipinski definition) is 1. The first-order valence-electron chi connectivity index (χ1n) is 4.17. The highest BCUT2D eigenvalue weighted by atomic mass is 32.2. The topological polar surface area (TPSA) is 73.0 Å². The summed E-state index contributed by atoms with van der Waals surface area (Å²) in [6.07, 6.45) is 2.59. The average Bonchev–Trinajstić information content (AvgIpc) is 2.01. The van der Waals surface area contributed by atoms with E-state index in [1.54, 1.807) is 6.07 Å². The predicted octanol–water partition coefficient (Wildman–Crippen LogP) is 0.679. The van der Waals surface area contributed by atoms with Crippen molar-refractivity contribution in [1.82, 2.24) is 4.98 Å². The van der Waals surface area contributed by atoms with E-state index in [0.29, 0.717) is 0 Å². The monoisotopic (exact) mass is 214 g/mol. The molecule has 14 heavy (non-hydrogen) atoms. The van der Waals surface area contributed by atoms with Crippen LogP contribution in [0.15, 0.2) is 23.4 Å². The Morgan fingerprint density at radius 2 is 2.00 bits per heavy atom. The maximum atomic E-state index is 11.2. The van der Waals surface area contributed by atoms with Crippen molar-refractivity contribution in [3.05, 3.63) is 23.9 Å². The van der Waals surface area contributed by atoms with Crippen LogP contribution < -0.4 is 5.73 Å². The van der Waals surface area contributed by atoms with Gasteiger partial charge in [-0.25, -0.2) is 13.4 Å². The molecule has 0 aliphatic rings. The smallest absolute Gasteiger partial charge is 0.192 e. The van der Waals surface area contributed by atoms with E-state index in [-0.39, 0.29) is 5.03 Å². The summed E-state index contributed by atoms with van der Waals surface area (Å²) >= 11 is 0. The molecule has 0 unspecified atom stereocenters. The molecule has 0 atom stereocenters. The van der Waals surface area contributed by atoms with E-state index < -0.39 is 15.4 Å². The van der Waals surface area contributed by atoms with Crippen molar-refractivity contribution >= 4 is 9.84 Å². The molecule has 1 aromatic rings. The number of sulfone groups is 1. The van der Waals surface area contributed by atoms with Gasteiger partial charge in [0.1, 0.15) is 0 Å². The number of hydrogen-bond acceptors (Lipinski definition) is 4. The fraction of sp³-hybridized carbons (Fsp3) is 0.444. The lowest BCUT2D eigenvalue weighted by Crippen LogP contribution is -2.28. The van der Waals surface area contributed by atoms with E-state index in [2.05, 4.69) is 4.98 Å². The van der Waals surface area contributed by atoms with Gasteiger partial charge in [-0.05, 0) is 31.5 Å². The summed E-state index contributed by atoms with van der Waals surface area (Å²) in [6.45, 7) is 3.63. The summed E-state index contributed by atoms with van der Waals surface area (Å²) in [7, 11) is -3.25. The zero-order valence-corrected chi connectivity index (χ0v) is 9.30. The van der Waals surface area contributed by atoms with Crippen molar-refractivity contribution in [1.29, 1.82) is 0 Å².